The molecule has 2 N–H and O–H groups in total. The van der Waals surface area contributed by atoms with Crippen molar-refractivity contribution >= 4 is 27.6 Å². The van der Waals surface area contributed by atoms with Crippen LogP contribution in [0.1, 0.15) is 6.42 Å². The second-order valence-electron chi connectivity index (χ2n) is 4.76. The van der Waals surface area contributed by atoms with Gasteiger partial charge in [-0.3, -0.25) is 0 Å². The summed E-state index contributed by atoms with van der Waals surface area (Å²) in [4.78, 5) is 13.0. The zero-order valence-electron chi connectivity index (χ0n) is 11.3. The molecule has 1 aliphatic rings. The van der Waals surface area contributed by atoms with Gasteiger partial charge in [-0.05, 0) is 40.5 Å². The molecule has 1 fully saturated rings. The van der Waals surface area contributed by atoms with E-state index in [0.717, 1.165) is 4.90 Å². The minimum absolute atomic E-state index is 0.0797. The SMILES string of the molecule is COc1ccc(NC(=O)N2CCC(O)C(F)(F)C2)c(Br)c1. The van der Waals surface area contributed by atoms with Crippen molar-refractivity contribution in [1.29, 1.82) is 0 Å². The van der Waals surface area contributed by atoms with Crippen LogP contribution in [-0.4, -0.2) is 48.3 Å². The summed E-state index contributed by atoms with van der Waals surface area (Å²) in [5.74, 6) is -2.68. The van der Waals surface area contributed by atoms with Gasteiger partial charge in [0.05, 0.1) is 19.3 Å². The number of aliphatic hydroxyl groups is 1. The third-order valence-corrected chi connectivity index (χ3v) is 3.92. The number of alkyl halides is 2. The quantitative estimate of drug-likeness (QED) is 0.847. The summed E-state index contributed by atoms with van der Waals surface area (Å²) in [6, 6.07) is 4.28. The Hall–Kier alpha value is -1.41. The molecule has 116 valence electrons. The molecular formula is C13H15BrF2N2O3. The number of nitrogens with zero attached hydrogens (tertiary/aromatic N) is 1. The van der Waals surface area contributed by atoms with Crippen LogP contribution < -0.4 is 10.1 Å². The lowest BCUT2D eigenvalue weighted by atomic mass is 10.0. The van der Waals surface area contributed by atoms with Gasteiger partial charge in [-0.15, -0.1) is 0 Å². The van der Waals surface area contributed by atoms with Crippen LogP contribution in [0.4, 0.5) is 19.3 Å². The third-order valence-electron chi connectivity index (χ3n) is 3.27. The Morgan fingerprint density at radius 1 is 1.57 bits per heavy atom. The van der Waals surface area contributed by atoms with Crippen LogP contribution in [0.5, 0.6) is 5.75 Å². The number of benzene rings is 1. The molecule has 0 aliphatic carbocycles. The van der Waals surface area contributed by atoms with Crippen molar-refractivity contribution in [1.82, 2.24) is 4.90 Å². The largest absolute Gasteiger partial charge is 0.497 e. The Morgan fingerprint density at radius 3 is 2.86 bits per heavy atom. The Labute approximate surface area is 129 Å². The van der Waals surface area contributed by atoms with Crippen molar-refractivity contribution < 1.29 is 23.4 Å². The maximum absolute atomic E-state index is 13.4. The van der Waals surface area contributed by atoms with Crippen molar-refractivity contribution in [3.05, 3.63) is 22.7 Å². The Balaban J connectivity index is 2.05. The van der Waals surface area contributed by atoms with Gasteiger partial charge < -0.3 is 20.1 Å². The summed E-state index contributed by atoms with van der Waals surface area (Å²) >= 11 is 3.27. The first-order valence-corrected chi connectivity index (χ1v) is 7.08. The molecule has 0 spiro atoms. The van der Waals surface area contributed by atoms with E-state index in [9.17, 15) is 18.7 Å². The number of hydrogen-bond donors (Lipinski definition) is 2. The number of halogens is 3. The van der Waals surface area contributed by atoms with E-state index in [2.05, 4.69) is 21.2 Å². The Bertz CT molecular complexity index is 542. The predicted molar refractivity (Wildman–Crippen MR) is 76.9 cm³/mol. The van der Waals surface area contributed by atoms with Gasteiger partial charge in [-0.1, -0.05) is 0 Å². The summed E-state index contributed by atoms with van der Waals surface area (Å²) in [5, 5.41) is 11.8. The molecule has 1 aliphatic heterocycles. The first-order valence-electron chi connectivity index (χ1n) is 6.29. The molecule has 1 aromatic carbocycles. The van der Waals surface area contributed by atoms with Gasteiger partial charge in [0.25, 0.3) is 5.92 Å². The third kappa shape index (κ3) is 3.62. The summed E-state index contributed by atoms with van der Waals surface area (Å²) in [7, 11) is 1.52. The van der Waals surface area contributed by atoms with E-state index in [1.165, 1.54) is 7.11 Å². The number of piperidine rings is 1. The molecule has 0 aromatic heterocycles. The van der Waals surface area contributed by atoms with Gasteiger partial charge in [0.1, 0.15) is 11.9 Å². The number of aliphatic hydroxyl groups excluding tert-OH is 1. The fourth-order valence-corrected chi connectivity index (χ4v) is 2.48. The molecule has 21 heavy (non-hydrogen) atoms. The maximum atomic E-state index is 13.4. The van der Waals surface area contributed by atoms with Crippen LogP contribution in [0.15, 0.2) is 22.7 Å². The lowest BCUT2D eigenvalue weighted by molar-refractivity contribution is -0.140. The Kier molecular flexibility index (Phi) is 4.67. The predicted octanol–water partition coefficient (Wildman–Crippen LogP) is 2.69. The number of urea groups is 1. The van der Waals surface area contributed by atoms with Gasteiger partial charge in [-0.2, -0.15) is 0 Å². The van der Waals surface area contributed by atoms with Gasteiger partial charge in [-0.25, -0.2) is 13.6 Å². The number of ether oxygens (including phenoxy) is 1. The van der Waals surface area contributed by atoms with E-state index in [0.29, 0.717) is 15.9 Å². The summed E-state index contributed by atoms with van der Waals surface area (Å²) < 4.78 is 32.5. The fourth-order valence-electron chi connectivity index (χ4n) is 2.02. The highest BCUT2D eigenvalue weighted by molar-refractivity contribution is 9.10. The molecule has 8 heteroatoms. The van der Waals surface area contributed by atoms with Crippen LogP contribution in [0.3, 0.4) is 0 Å². The van der Waals surface area contributed by atoms with Gasteiger partial charge in [0.15, 0.2) is 0 Å². The molecule has 1 saturated heterocycles. The van der Waals surface area contributed by atoms with Crippen LogP contribution in [0.2, 0.25) is 0 Å². The number of carbonyl (C=O) groups is 1. The molecular weight excluding hydrogens is 350 g/mol. The number of anilines is 1. The van der Waals surface area contributed by atoms with E-state index in [1.54, 1.807) is 18.2 Å². The van der Waals surface area contributed by atoms with Crippen molar-refractivity contribution in [3.8, 4) is 5.75 Å². The number of amides is 2. The smallest absolute Gasteiger partial charge is 0.322 e. The first-order chi connectivity index (χ1) is 9.83. The minimum Gasteiger partial charge on any atom is -0.497 e. The molecule has 5 nitrogen and oxygen atoms in total. The summed E-state index contributed by atoms with van der Waals surface area (Å²) in [5.41, 5.74) is 0.454. The highest BCUT2D eigenvalue weighted by atomic mass is 79.9. The highest BCUT2D eigenvalue weighted by Gasteiger charge is 2.45. The number of carbonyl (C=O) groups excluding carboxylic acids is 1. The standard InChI is InChI=1S/C13H15BrF2N2O3/c1-21-8-2-3-10(9(14)6-8)17-12(20)18-5-4-11(19)13(15,16)7-18/h2-3,6,11,19H,4-5,7H2,1H3,(H,17,20). The second kappa shape index (κ2) is 6.15. The lowest BCUT2D eigenvalue weighted by Gasteiger charge is -2.35. The van der Waals surface area contributed by atoms with Crippen LogP contribution in [0.25, 0.3) is 0 Å². The number of likely N-dealkylation sites (tertiary alicyclic amines) is 1. The monoisotopic (exact) mass is 364 g/mol. The zero-order chi connectivity index (χ0) is 15.6. The molecule has 2 amide bonds. The minimum atomic E-state index is -3.28. The zero-order valence-corrected chi connectivity index (χ0v) is 12.9. The second-order valence-corrected chi connectivity index (χ2v) is 5.62. The van der Waals surface area contributed by atoms with Gasteiger partial charge >= 0.3 is 6.03 Å². The molecule has 1 aromatic rings. The highest BCUT2D eigenvalue weighted by Crippen LogP contribution is 2.30. The molecule has 0 saturated carbocycles. The van der Waals surface area contributed by atoms with Crippen molar-refractivity contribution in [3.63, 3.8) is 0 Å². The molecule has 1 unspecified atom stereocenters. The van der Waals surface area contributed by atoms with Gasteiger partial charge in [0, 0.05) is 11.0 Å². The van der Waals surface area contributed by atoms with E-state index < -0.39 is 24.6 Å². The number of rotatable bonds is 2. The fraction of sp³-hybridized carbons (Fsp3) is 0.462. The Morgan fingerprint density at radius 2 is 2.29 bits per heavy atom. The lowest BCUT2D eigenvalue weighted by Crippen LogP contribution is -2.54. The van der Waals surface area contributed by atoms with Crippen molar-refractivity contribution in [2.24, 2.45) is 0 Å². The normalized spacial score (nSPS) is 21.0. The number of nitrogens with one attached hydrogen (secondary N) is 1. The van der Waals surface area contributed by atoms with E-state index in [4.69, 9.17) is 4.74 Å². The van der Waals surface area contributed by atoms with E-state index >= 15 is 0 Å². The maximum Gasteiger partial charge on any atom is 0.322 e. The first kappa shape index (κ1) is 16.0. The van der Waals surface area contributed by atoms with Crippen LogP contribution in [-0.2, 0) is 0 Å². The van der Waals surface area contributed by atoms with Crippen molar-refractivity contribution in [2.75, 3.05) is 25.5 Å². The summed E-state index contributed by atoms with van der Waals surface area (Å²) in [6.45, 7) is -0.718. The topological polar surface area (TPSA) is 61.8 Å². The molecule has 0 bridgehead atoms. The van der Waals surface area contributed by atoms with E-state index in [-0.39, 0.29) is 13.0 Å². The molecule has 1 atom stereocenters. The average Bonchev–Trinajstić information content (AvgIpc) is 2.43. The summed E-state index contributed by atoms with van der Waals surface area (Å²) in [6.07, 6.45) is -1.85. The molecule has 0 radical (unpaired) electrons. The van der Waals surface area contributed by atoms with Crippen molar-refractivity contribution in [2.45, 2.75) is 18.4 Å². The average molecular weight is 365 g/mol. The molecule has 1 heterocycles. The molecule has 2 rings (SSSR count). The van der Waals surface area contributed by atoms with Crippen LogP contribution >= 0.6 is 15.9 Å². The van der Waals surface area contributed by atoms with Gasteiger partial charge in [0.2, 0.25) is 0 Å². The van der Waals surface area contributed by atoms with E-state index in [1.807, 2.05) is 0 Å². The van der Waals surface area contributed by atoms with Crippen LogP contribution in [0, 0.1) is 0 Å². The number of hydrogen-bond acceptors (Lipinski definition) is 3. The number of methoxy groups -OCH3 is 1.